The standard InChI is InChI=1S/C25H15Cl4F4N3O3/c1-9(37)34-18-8-19(16(31)7-15(18)30)36-23(38)12-5-11(6-17(32)22(12)33)35-24(39)21-20(25(21,28)29)10-2-3-13(26)14(27)4-10/h2-8,20-21H,1H3,(H,34,37)(H,35,39)(H,36,38)/t20-,21+/m0/s1. The molecule has 3 N–H and O–H groups in total. The highest BCUT2D eigenvalue weighted by Crippen LogP contribution is 2.65. The predicted molar refractivity (Wildman–Crippen MR) is 141 cm³/mol. The maximum Gasteiger partial charge on any atom is 0.258 e. The molecular formula is C25H15Cl4F4N3O3. The van der Waals surface area contributed by atoms with E-state index in [0.29, 0.717) is 17.7 Å². The van der Waals surface area contributed by atoms with Crippen molar-refractivity contribution in [3.8, 4) is 0 Å². The fourth-order valence-corrected chi connectivity index (χ4v) is 5.07. The maximum atomic E-state index is 14.5. The Balaban J connectivity index is 1.56. The minimum Gasteiger partial charge on any atom is -0.326 e. The number of benzene rings is 3. The number of amides is 3. The zero-order chi connectivity index (χ0) is 28.8. The minimum absolute atomic E-state index is 0.211. The second-order valence-corrected chi connectivity index (χ2v) is 10.8. The first-order valence-electron chi connectivity index (χ1n) is 10.9. The number of rotatable bonds is 6. The Bertz CT molecular complexity index is 1540. The van der Waals surface area contributed by atoms with Gasteiger partial charge in [-0.1, -0.05) is 29.3 Å². The molecule has 39 heavy (non-hydrogen) atoms. The summed E-state index contributed by atoms with van der Waals surface area (Å²) in [6, 6.07) is 7.16. The monoisotopic (exact) mass is 621 g/mol. The number of hydrogen-bond donors (Lipinski definition) is 3. The summed E-state index contributed by atoms with van der Waals surface area (Å²) >= 11 is 24.5. The van der Waals surface area contributed by atoms with Gasteiger partial charge in [-0.3, -0.25) is 14.4 Å². The molecule has 0 aliphatic heterocycles. The summed E-state index contributed by atoms with van der Waals surface area (Å²) in [5.41, 5.74) is -1.81. The predicted octanol–water partition coefficient (Wildman–Crippen LogP) is 7.29. The Labute approximate surface area is 238 Å². The van der Waals surface area contributed by atoms with E-state index in [1.54, 1.807) is 6.07 Å². The van der Waals surface area contributed by atoms with Gasteiger partial charge in [-0.2, -0.15) is 0 Å². The topological polar surface area (TPSA) is 87.3 Å². The van der Waals surface area contributed by atoms with Crippen LogP contribution in [0.15, 0.2) is 42.5 Å². The lowest BCUT2D eigenvalue weighted by atomic mass is 10.1. The fourth-order valence-electron chi connectivity index (χ4n) is 3.94. The molecule has 0 radical (unpaired) electrons. The Morgan fingerprint density at radius 3 is 2.05 bits per heavy atom. The van der Waals surface area contributed by atoms with E-state index in [-0.39, 0.29) is 15.7 Å². The summed E-state index contributed by atoms with van der Waals surface area (Å²) in [6.45, 7) is 1.08. The van der Waals surface area contributed by atoms with Gasteiger partial charge < -0.3 is 16.0 Å². The van der Waals surface area contributed by atoms with Gasteiger partial charge in [0.25, 0.3) is 5.91 Å². The van der Waals surface area contributed by atoms with Crippen LogP contribution in [0, 0.1) is 29.2 Å². The molecule has 0 saturated heterocycles. The van der Waals surface area contributed by atoms with E-state index in [2.05, 4.69) is 10.6 Å². The maximum absolute atomic E-state index is 14.5. The largest absolute Gasteiger partial charge is 0.326 e. The molecule has 0 spiro atoms. The van der Waals surface area contributed by atoms with Crippen molar-refractivity contribution >= 4 is 81.2 Å². The lowest BCUT2D eigenvalue weighted by molar-refractivity contribution is -0.117. The van der Waals surface area contributed by atoms with Crippen LogP contribution in [-0.2, 0) is 9.59 Å². The van der Waals surface area contributed by atoms with E-state index < -0.39 is 74.1 Å². The molecule has 0 heterocycles. The highest BCUT2D eigenvalue weighted by atomic mass is 35.5. The van der Waals surface area contributed by atoms with Gasteiger partial charge in [-0.25, -0.2) is 17.6 Å². The highest BCUT2D eigenvalue weighted by molar-refractivity contribution is 6.53. The first-order chi connectivity index (χ1) is 18.2. The number of hydrogen-bond acceptors (Lipinski definition) is 3. The molecule has 1 aliphatic carbocycles. The molecule has 3 aromatic rings. The van der Waals surface area contributed by atoms with Crippen molar-refractivity contribution in [2.24, 2.45) is 5.92 Å². The molecule has 0 unspecified atom stereocenters. The molecule has 1 aliphatic rings. The van der Waals surface area contributed by atoms with E-state index >= 15 is 0 Å². The van der Waals surface area contributed by atoms with Crippen LogP contribution in [0.1, 0.15) is 28.8 Å². The molecular weight excluding hydrogens is 608 g/mol. The second-order valence-electron chi connectivity index (χ2n) is 8.56. The summed E-state index contributed by atoms with van der Waals surface area (Å²) < 4.78 is 55.5. The average Bonchev–Trinajstić information content (AvgIpc) is 3.42. The number of carbonyl (C=O) groups is 3. The lowest BCUT2D eigenvalue weighted by Crippen LogP contribution is -2.20. The van der Waals surface area contributed by atoms with E-state index in [4.69, 9.17) is 46.4 Å². The quantitative estimate of drug-likeness (QED) is 0.199. The van der Waals surface area contributed by atoms with Gasteiger partial charge in [0.2, 0.25) is 11.8 Å². The van der Waals surface area contributed by atoms with Crippen LogP contribution in [0.5, 0.6) is 0 Å². The summed E-state index contributed by atoms with van der Waals surface area (Å²) in [5, 5.41) is 6.91. The average molecular weight is 623 g/mol. The van der Waals surface area contributed by atoms with Gasteiger partial charge in [-0.15, -0.1) is 23.2 Å². The molecule has 204 valence electrons. The molecule has 1 saturated carbocycles. The third-order valence-corrected chi connectivity index (χ3v) is 7.47. The van der Waals surface area contributed by atoms with Crippen LogP contribution in [0.4, 0.5) is 34.6 Å². The van der Waals surface area contributed by atoms with Crippen LogP contribution in [0.3, 0.4) is 0 Å². The Morgan fingerprint density at radius 1 is 0.795 bits per heavy atom. The van der Waals surface area contributed by atoms with E-state index in [1.165, 1.54) is 12.1 Å². The molecule has 6 nitrogen and oxygen atoms in total. The Morgan fingerprint density at radius 2 is 1.44 bits per heavy atom. The zero-order valence-corrected chi connectivity index (χ0v) is 22.5. The van der Waals surface area contributed by atoms with E-state index in [0.717, 1.165) is 19.1 Å². The van der Waals surface area contributed by atoms with Crippen molar-refractivity contribution in [2.45, 2.75) is 17.2 Å². The van der Waals surface area contributed by atoms with E-state index in [1.807, 2.05) is 5.32 Å². The van der Waals surface area contributed by atoms with Crippen LogP contribution in [0.2, 0.25) is 10.0 Å². The number of carbonyl (C=O) groups excluding carboxylic acids is 3. The van der Waals surface area contributed by atoms with Crippen molar-refractivity contribution in [2.75, 3.05) is 16.0 Å². The fraction of sp³-hybridized carbons (Fsp3) is 0.160. The van der Waals surface area contributed by atoms with Crippen molar-refractivity contribution in [1.29, 1.82) is 0 Å². The van der Waals surface area contributed by atoms with Crippen LogP contribution >= 0.6 is 46.4 Å². The van der Waals surface area contributed by atoms with Crippen molar-refractivity contribution in [1.82, 2.24) is 0 Å². The van der Waals surface area contributed by atoms with Crippen LogP contribution in [0.25, 0.3) is 0 Å². The molecule has 3 amide bonds. The summed E-state index contributed by atoms with van der Waals surface area (Å²) in [6.07, 6.45) is 0. The van der Waals surface area contributed by atoms with Gasteiger partial charge in [-0.05, 0) is 29.8 Å². The van der Waals surface area contributed by atoms with Gasteiger partial charge in [0.15, 0.2) is 11.6 Å². The lowest BCUT2D eigenvalue weighted by Gasteiger charge is -2.12. The van der Waals surface area contributed by atoms with Gasteiger partial charge in [0.1, 0.15) is 16.0 Å². The summed E-state index contributed by atoms with van der Waals surface area (Å²) in [4.78, 5) is 36.8. The number of anilines is 3. The number of halogens is 8. The minimum atomic E-state index is -1.60. The molecule has 2 atom stereocenters. The van der Waals surface area contributed by atoms with Gasteiger partial charge in [0.05, 0.1) is 32.9 Å². The van der Waals surface area contributed by atoms with Crippen LogP contribution < -0.4 is 16.0 Å². The molecule has 0 bridgehead atoms. The third-order valence-electron chi connectivity index (χ3n) is 5.79. The molecule has 3 aromatic carbocycles. The number of alkyl halides is 2. The van der Waals surface area contributed by atoms with E-state index in [9.17, 15) is 31.9 Å². The van der Waals surface area contributed by atoms with Crippen molar-refractivity contribution in [3.05, 3.63) is 86.9 Å². The van der Waals surface area contributed by atoms with Crippen molar-refractivity contribution < 1.29 is 31.9 Å². The molecule has 1 fully saturated rings. The zero-order valence-electron chi connectivity index (χ0n) is 19.4. The van der Waals surface area contributed by atoms with Crippen molar-refractivity contribution in [3.63, 3.8) is 0 Å². The summed E-state index contributed by atoms with van der Waals surface area (Å²) in [7, 11) is 0. The first-order valence-corrected chi connectivity index (χ1v) is 12.4. The van der Waals surface area contributed by atoms with Gasteiger partial charge in [0, 0.05) is 30.7 Å². The van der Waals surface area contributed by atoms with Crippen LogP contribution in [-0.4, -0.2) is 22.1 Å². The molecule has 14 heteroatoms. The molecule has 0 aromatic heterocycles. The second kappa shape index (κ2) is 10.8. The normalized spacial score (nSPS) is 17.4. The summed E-state index contributed by atoms with van der Waals surface area (Å²) in [5.74, 6) is -9.98. The Kier molecular flexibility index (Phi) is 8.05. The third kappa shape index (κ3) is 5.94. The first kappa shape index (κ1) is 28.9. The number of nitrogens with one attached hydrogen (secondary N) is 3. The molecule has 4 rings (SSSR count). The SMILES string of the molecule is CC(=O)Nc1cc(NC(=O)c2cc(NC(=O)[C@H]3[C@H](c4ccc(Cl)c(Cl)c4)C3(Cl)Cl)cc(F)c2F)c(F)cc1F. The highest BCUT2D eigenvalue weighted by Gasteiger charge is 2.67. The van der Waals surface area contributed by atoms with Gasteiger partial charge >= 0.3 is 0 Å². The smallest absolute Gasteiger partial charge is 0.258 e. The Hall–Kier alpha value is -3.05.